The molecule has 1 saturated heterocycles. The lowest BCUT2D eigenvalue weighted by Gasteiger charge is -2.42. The lowest BCUT2D eigenvalue weighted by molar-refractivity contribution is -0.237. The number of allylic oxidation sites excluding steroid dienone is 1. The topological polar surface area (TPSA) is 18.5 Å². The third-order valence-corrected chi connectivity index (χ3v) is 9.25. The molecule has 0 unspecified atom stereocenters. The molecule has 0 radical (unpaired) electrons. The summed E-state index contributed by atoms with van der Waals surface area (Å²) in [5.41, 5.74) is 0. The third kappa shape index (κ3) is 6.53. The van der Waals surface area contributed by atoms with Gasteiger partial charge in [0.05, 0.1) is 13.2 Å². The summed E-state index contributed by atoms with van der Waals surface area (Å²) in [5.74, 6) is 4.56. The van der Waals surface area contributed by atoms with E-state index in [1.807, 2.05) is 0 Å². The highest BCUT2D eigenvalue weighted by atomic mass is 19.3. The highest BCUT2D eigenvalue weighted by Gasteiger charge is 2.37. The summed E-state index contributed by atoms with van der Waals surface area (Å²) in [6.45, 7) is 4.11. The van der Waals surface area contributed by atoms with Gasteiger partial charge in [0.2, 0.25) is 0 Å². The molecule has 0 aromatic heterocycles. The highest BCUT2D eigenvalue weighted by Crippen LogP contribution is 2.44. The summed E-state index contributed by atoms with van der Waals surface area (Å²) >= 11 is 0. The molecular formula is C27H44F2O2. The fourth-order valence-corrected chi connectivity index (χ4v) is 7.28. The van der Waals surface area contributed by atoms with Crippen LogP contribution in [0.3, 0.4) is 0 Å². The van der Waals surface area contributed by atoms with Crippen molar-refractivity contribution in [3.8, 4) is 0 Å². The molecule has 1 heterocycles. The molecule has 1 aliphatic heterocycles. The predicted molar refractivity (Wildman–Crippen MR) is 121 cm³/mol. The Morgan fingerprint density at radius 2 is 1.16 bits per heavy atom. The zero-order valence-electron chi connectivity index (χ0n) is 19.6. The normalized spacial score (nSPS) is 42.2. The first-order chi connectivity index (χ1) is 15.1. The molecule has 2 nitrogen and oxygen atoms in total. The molecule has 0 aromatic rings. The van der Waals surface area contributed by atoms with Gasteiger partial charge in [0.25, 0.3) is 6.08 Å². The van der Waals surface area contributed by atoms with Crippen molar-refractivity contribution in [2.75, 3.05) is 13.2 Å². The number of halogens is 2. The van der Waals surface area contributed by atoms with E-state index in [9.17, 15) is 8.78 Å². The second kappa shape index (κ2) is 11.6. The van der Waals surface area contributed by atoms with E-state index in [1.54, 1.807) is 0 Å². The van der Waals surface area contributed by atoms with Crippen LogP contribution in [0.15, 0.2) is 12.2 Å². The van der Waals surface area contributed by atoms with Crippen LogP contribution in [0.25, 0.3) is 0 Å². The van der Waals surface area contributed by atoms with E-state index in [2.05, 4.69) is 6.92 Å². The molecule has 0 N–H and O–H groups in total. The maximum atomic E-state index is 12.5. The van der Waals surface area contributed by atoms with Crippen LogP contribution >= 0.6 is 0 Å². The Kier molecular flexibility index (Phi) is 8.85. The van der Waals surface area contributed by atoms with Crippen LogP contribution in [0.1, 0.15) is 96.8 Å². The highest BCUT2D eigenvalue weighted by molar-refractivity contribution is 4.92. The molecule has 3 saturated carbocycles. The Morgan fingerprint density at radius 3 is 1.71 bits per heavy atom. The van der Waals surface area contributed by atoms with Crippen LogP contribution in [0.4, 0.5) is 8.78 Å². The Morgan fingerprint density at radius 1 is 0.677 bits per heavy atom. The van der Waals surface area contributed by atoms with Gasteiger partial charge in [-0.05, 0) is 99.9 Å². The molecule has 178 valence electrons. The van der Waals surface area contributed by atoms with E-state index in [-0.39, 0.29) is 12.2 Å². The Bertz CT molecular complexity index is 544. The van der Waals surface area contributed by atoms with Crippen molar-refractivity contribution in [3.63, 3.8) is 0 Å². The minimum absolute atomic E-state index is 0.0158. The maximum Gasteiger partial charge on any atom is 0.266 e. The van der Waals surface area contributed by atoms with Crippen molar-refractivity contribution < 1.29 is 18.3 Å². The zero-order chi connectivity index (χ0) is 21.6. The average Bonchev–Trinajstić information content (AvgIpc) is 2.80. The zero-order valence-corrected chi connectivity index (χ0v) is 19.6. The van der Waals surface area contributed by atoms with E-state index in [1.165, 1.54) is 70.3 Å². The van der Waals surface area contributed by atoms with Gasteiger partial charge in [0.15, 0.2) is 6.29 Å². The molecule has 0 bridgehead atoms. The first-order valence-corrected chi connectivity index (χ1v) is 13.4. The largest absolute Gasteiger partial charge is 0.352 e. The quantitative estimate of drug-likeness (QED) is 0.418. The molecule has 31 heavy (non-hydrogen) atoms. The van der Waals surface area contributed by atoms with E-state index in [0.29, 0.717) is 11.8 Å². The van der Waals surface area contributed by atoms with Crippen LogP contribution < -0.4 is 0 Å². The summed E-state index contributed by atoms with van der Waals surface area (Å²) in [7, 11) is 0. The minimum Gasteiger partial charge on any atom is -0.352 e. The molecule has 4 heteroatoms. The van der Waals surface area contributed by atoms with Gasteiger partial charge in [-0.2, -0.15) is 8.78 Å². The Hall–Kier alpha value is -0.480. The molecule has 0 spiro atoms. The van der Waals surface area contributed by atoms with E-state index >= 15 is 0 Å². The summed E-state index contributed by atoms with van der Waals surface area (Å²) in [5, 5.41) is 0. The van der Waals surface area contributed by atoms with Crippen molar-refractivity contribution in [2.45, 2.75) is 103 Å². The van der Waals surface area contributed by atoms with E-state index in [0.717, 1.165) is 62.6 Å². The van der Waals surface area contributed by atoms with Gasteiger partial charge < -0.3 is 9.47 Å². The van der Waals surface area contributed by atoms with Gasteiger partial charge in [-0.15, -0.1) is 0 Å². The standard InChI is InChI=1S/C27H44F2O2/c1-2-3-19-4-8-23(9-5-19)25-17-30-27(31-18-25)24-14-12-22(13-15-24)21-10-6-20(7-11-21)16-26(28)29/h16,19-25,27H,2-15,17-18H2,1H3. The van der Waals surface area contributed by atoms with Crippen molar-refractivity contribution in [2.24, 2.45) is 41.4 Å². The van der Waals surface area contributed by atoms with Crippen molar-refractivity contribution in [1.29, 1.82) is 0 Å². The van der Waals surface area contributed by atoms with Crippen LogP contribution in [-0.4, -0.2) is 19.5 Å². The van der Waals surface area contributed by atoms with Gasteiger partial charge in [0, 0.05) is 11.8 Å². The van der Waals surface area contributed by atoms with E-state index < -0.39 is 6.08 Å². The lowest BCUT2D eigenvalue weighted by Crippen LogP contribution is -2.41. The molecular weight excluding hydrogens is 394 g/mol. The number of hydrogen-bond donors (Lipinski definition) is 0. The van der Waals surface area contributed by atoms with Gasteiger partial charge in [-0.25, -0.2) is 0 Å². The number of hydrogen-bond acceptors (Lipinski definition) is 2. The van der Waals surface area contributed by atoms with Gasteiger partial charge in [-0.1, -0.05) is 32.6 Å². The molecule has 4 rings (SSSR count). The molecule has 0 amide bonds. The summed E-state index contributed by atoms with van der Waals surface area (Å²) in [6, 6.07) is 0. The molecule has 4 aliphatic rings. The maximum absolute atomic E-state index is 12.5. The van der Waals surface area contributed by atoms with Gasteiger partial charge >= 0.3 is 0 Å². The van der Waals surface area contributed by atoms with E-state index in [4.69, 9.17) is 9.47 Å². The summed E-state index contributed by atoms with van der Waals surface area (Å²) in [6.07, 6.45) is 17.1. The first kappa shape index (κ1) is 23.7. The molecule has 4 fully saturated rings. The number of ether oxygens (including phenoxy) is 2. The smallest absolute Gasteiger partial charge is 0.266 e. The van der Waals surface area contributed by atoms with Crippen molar-refractivity contribution in [1.82, 2.24) is 0 Å². The fourth-order valence-electron chi connectivity index (χ4n) is 7.28. The monoisotopic (exact) mass is 438 g/mol. The number of rotatable bonds is 6. The average molecular weight is 439 g/mol. The van der Waals surface area contributed by atoms with Crippen LogP contribution in [0.2, 0.25) is 0 Å². The summed E-state index contributed by atoms with van der Waals surface area (Å²) < 4.78 is 37.6. The second-order valence-electron chi connectivity index (χ2n) is 11.2. The summed E-state index contributed by atoms with van der Waals surface area (Å²) in [4.78, 5) is 0. The van der Waals surface area contributed by atoms with Crippen LogP contribution in [-0.2, 0) is 9.47 Å². The SMILES string of the molecule is CCCC1CCC(C2COC(C3CCC(C4CCC(C=C(F)F)CC4)CC3)OC2)CC1. The predicted octanol–water partition coefficient (Wildman–Crippen LogP) is 7.98. The lowest BCUT2D eigenvalue weighted by atomic mass is 9.69. The minimum atomic E-state index is -1.50. The van der Waals surface area contributed by atoms with Crippen molar-refractivity contribution in [3.05, 3.63) is 12.2 Å². The Balaban J connectivity index is 1.14. The molecule has 0 atom stereocenters. The Labute approximate surface area is 188 Å². The molecule has 3 aliphatic carbocycles. The molecule has 0 aromatic carbocycles. The fraction of sp³-hybridized carbons (Fsp3) is 0.926. The second-order valence-corrected chi connectivity index (χ2v) is 11.2. The van der Waals surface area contributed by atoms with Gasteiger partial charge in [-0.3, -0.25) is 0 Å². The third-order valence-electron chi connectivity index (χ3n) is 9.25. The van der Waals surface area contributed by atoms with Gasteiger partial charge in [0.1, 0.15) is 0 Å². The van der Waals surface area contributed by atoms with Crippen LogP contribution in [0, 0.1) is 41.4 Å². The first-order valence-electron chi connectivity index (χ1n) is 13.4. The van der Waals surface area contributed by atoms with Crippen LogP contribution in [0.5, 0.6) is 0 Å². The van der Waals surface area contributed by atoms with Crippen molar-refractivity contribution >= 4 is 0 Å².